The van der Waals surface area contributed by atoms with E-state index in [1.807, 2.05) is 76.2 Å². The largest absolute Gasteiger partial charge is 0.455 e. The zero-order valence-electron chi connectivity index (χ0n) is 60.5. The Morgan fingerprint density at radius 3 is 1.01 bits per heavy atom. The van der Waals surface area contributed by atoms with Gasteiger partial charge in [0.15, 0.2) is 0 Å². The first-order valence-electron chi connectivity index (χ1n) is 36.9. The molecule has 0 N–H and O–H groups in total. The van der Waals surface area contributed by atoms with Gasteiger partial charge in [-0.2, -0.15) is 0 Å². The third-order valence-electron chi connectivity index (χ3n) is 22.6. The molecule has 6 aliphatic rings. The molecule has 6 aliphatic carbocycles. The van der Waals surface area contributed by atoms with Gasteiger partial charge in [0.25, 0.3) is 0 Å². The fourth-order valence-corrected chi connectivity index (χ4v) is 15.1. The highest BCUT2D eigenvalue weighted by atomic mass is 16.6. The number of rotatable bonds is 17. The second-order valence-corrected chi connectivity index (χ2v) is 29.6. The van der Waals surface area contributed by atoms with E-state index < -0.39 is 22.4 Å². The summed E-state index contributed by atoms with van der Waals surface area (Å²) in [6, 6.07) is 60.8. The van der Waals surface area contributed by atoms with Gasteiger partial charge >= 0.3 is 23.9 Å². The summed E-state index contributed by atoms with van der Waals surface area (Å²) in [6.45, 7) is 23.9. The minimum absolute atomic E-state index is 0.0313. The van der Waals surface area contributed by atoms with Gasteiger partial charge in [0.1, 0.15) is 22.4 Å². The molecule has 512 valence electrons. The molecule has 0 aliphatic heterocycles. The van der Waals surface area contributed by atoms with Crippen molar-refractivity contribution >= 4 is 23.9 Å². The molecule has 0 spiro atoms. The molecule has 0 heterocycles. The molecule has 2 saturated carbocycles. The summed E-state index contributed by atoms with van der Waals surface area (Å²) in [5.41, 5.74) is 24.1. The summed E-state index contributed by atoms with van der Waals surface area (Å²) in [5, 5.41) is 0. The van der Waals surface area contributed by atoms with Crippen LogP contribution in [-0.4, -0.2) is 23.9 Å². The quantitative estimate of drug-likeness (QED) is 0.0656. The fraction of sp³-hybridized carbons (Fsp3) is 0.422. The van der Waals surface area contributed by atoms with Gasteiger partial charge in [0, 0.05) is 0 Å². The van der Waals surface area contributed by atoms with E-state index in [1.165, 1.54) is 107 Å². The Kier molecular flexibility index (Phi) is 22.0. The molecule has 0 amide bonds. The van der Waals surface area contributed by atoms with Crippen molar-refractivity contribution in [3.63, 3.8) is 0 Å². The van der Waals surface area contributed by atoms with Gasteiger partial charge in [-0.3, -0.25) is 19.2 Å². The highest BCUT2D eigenvalue weighted by Gasteiger charge is 2.42. The Morgan fingerprint density at radius 2 is 0.643 bits per heavy atom. The van der Waals surface area contributed by atoms with Crippen LogP contribution in [0.5, 0.6) is 0 Å². The number of esters is 4. The van der Waals surface area contributed by atoms with Crippen molar-refractivity contribution in [1.29, 1.82) is 0 Å². The van der Waals surface area contributed by atoms with Crippen molar-refractivity contribution < 1.29 is 38.1 Å². The average molecular weight is 1310 g/mol. The number of carbonyl (C=O) groups excluding carboxylic acids is 4. The van der Waals surface area contributed by atoms with Crippen LogP contribution in [0.15, 0.2) is 170 Å². The maximum Gasteiger partial charge on any atom is 0.309 e. The van der Waals surface area contributed by atoms with Crippen LogP contribution in [0.2, 0.25) is 0 Å². The fourth-order valence-electron chi connectivity index (χ4n) is 15.1. The van der Waals surface area contributed by atoms with Gasteiger partial charge < -0.3 is 18.9 Å². The second kappa shape index (κ2) is 30.4. The van der Waals surface area contributed by atoms with Gasteiger partial charge in [-0.1, -0.05) is 239 Å². The molecule has 8 aromatic carbocycles. The van der Waals surface area contributed by atoms with Crippen LogP contribution < -0.4 is 0 Å². The highest BCUT2D eigenvalue weighted by molar-refractivity contribution is 5.81. The van der Waals surface area contributed by atoms with Crippen LogP contribution in [0.25, 0.3) is 44.5 Å². The van der Waals surface area contributed by atoms with Crippen LogP contribution in [0, 0.1) is 23.7 Å². The van der Waals surface area contributed by atoms with Gasteiger partial charge in [0.2, 0.25) is 0 Å². The molecule has 98 heavy (non-hydrogen) atoms. The lowest BCUT2D eigenvalue weighted by atomic mass is 9.78. The van der Waals surface area contributed by atoms with E-state index in [2.05, 4.69) is 177 Å². The number of hydrogen-bond acceptors (Lipinski definition) is 8. The van der Waals surface area contributed by atoms with E-state index in [4.69, 9.17) is 18.9 Å². The van der Waals surface area contributed by atoms with Crippen LogP contribution in [0.3, 0.4) is 0 Å². The lowest BCUT2D eigenvalue weighted by Crippen LogP contribution is -2.36. The Morgan fingerprint density at radius 1 is 0.347 bits per heavy atom. The molecule has 5 unspecified atom stereocenters. The van der Waals surface area contributed by atoms with Crippen molar-refractivity contribution in [2.45, 2.75) is 221 Å². The summed E-state index contributed by atoms with van der Waals surface area (Å²) in [5.74, 6) is -0.510. The Hall–Kier alpha value is -8.36. The molecule has 0 aromatic heterocycles. The van der Waals surface area contributed by atoms with Crippen LogP contribution in [0.1, 0.15) is 240 Å². The van der Waals surface area contributed by atoms with Crippen molar-refractivity contribution in [1.82, 2.24) is 0 Å². The van der Waals surface area contributed by atoms with Gasteiger partial charge in [-0.05, 0) is 241 Å². The van der Waals surface area contributed by atoms with E-state index in [-0.39, 0.29) is 47.5 Å². The van der Waals surface area contributed by atoms with Crippen molar-refractivity contribution in [2.75, 3.05) is 0 Å². The van der Waals surface area contributed by atoms with Crippen LogP contribution >= 0.6 is 0 Å². The van der Waals surface area contributed by atoms with E-state index in [0.29, 0.717) is 0 Å². The first kappa shape index (κ1) is 70.9. The average Bonchev–Trinajstić information content (AvgIpc) is 1.62. The number of fused-ring (bicyclic) bond motifs is 12. The molecule has 8 nitrogen and oxygen atoms in total. The molecular formula is C90H104O8. The zero-order valence-corrected chi connectivity index (χ0v) is 60.5. The third kappa shape index (κ3) is 15.0. The molecule has 8 aromatic rings. The van der Waals surface area contributed by atoms with E-state index in [1.54, 1.807) is 0 Å². The van der Waals surface area contributed by atoms with Crippen molar-refractivity contribution in [3.8, 4) is 44.5 Å². The Labute approximate surface area is 584 Å². The summed E-state index contributed by atoms with van der Waals surface area (Å²) in [4.78, 5) is 49.6. The maximum atomic E-state index is 12.6. The van der Waals surface area contributed by atoms with Crippen LogP contribution in [-0.2, 0) is 86.2 Å². The normalized spacial score (nSPS) is 16.9. The lowest BCUT2D eigenvalue weighted by Gasteiger charge is -2.38. The van der Waals surface area contributed by atoms with E-state index in [0.717, 1.165) is 120 Å². The Balaban J connectivity index is 0.000000132. The highest BCUT2D eigenvalue weighted by Crippen LogP contribution is 2.49. The molecule has 0 saturated heterocycles. The number of benzene rings is 8. The topological polar surface area (TPSA) is 105 Å². The summed E-state index contributed by atoms with van der Waals surface area (Å²) >= 11 is 0. The maximum absolute atomic E-state index is 12.6. The SMILES string of the molecule is CCC(C)C(=O)OC(C)(C)c1ccc2c(c1)Cc1ccccc1-2.CCC(C)C(=O)OC(C)(CC)c1ccc2c(c1)Cc1ccccc1-2.CCC(C)C(=O)OC1(c2ccc3c(c2)Cc2ccccc2-3)CCCC1.CCC(C)C(=O)OC1(c2ccc3c(c2)Cc2ccccc2-3)CCCCC1. The predicted molar refractivity (Wildman–Crippen MR) is 397 cm³/mol. The second-order valence-electron chi connectivity index (χ2n) is 29.6. The summed E-state index contributed by atoms with van der Waals surface area (Å²) < 4.78 is 24.0. The molecule has 0 bridgehead atoms. The summed E-state index contributed by atoms with van der Waals surface area (Å²) in [7, 11) is 0. The monoisotopic (exact) mass is 1310 g/mol. The van der Waals surface area contributed by atoms with Gasteiger partial charge in [0.05, 0.1) is 23.7 Å². The lowest BCUT2D eigenvalue weighted by molar-refractivity contribution is -0.170. The van der Waals surface area contributed by atoms with Crippen molar-refractivity contribution in [2.24, 2.45) is 23.7 Å². The van der Waals surface area contributed by atoms with E-state index in [9.17, 15) is 19.2 Å². The molecule has 8 heteroatoms. The minimum atomic E-state index is -0.607. The van der Waals surface area contributed by atoms with Gasteiger partial charge in [-0.25, -0.2) is 0 Å². The van der Waals surface area contributed by atoms with Crippen molar-refractivity contribution in [3.05, 3.63) is 237 Å². The number of carbonyl (C=O) groups is 4. The van der Waals surface area contributed by atoms with Crippen LogP contribution in [0.4, 0.5) is 0 Å². The standard InChI is InChI=1S/C24H28O2.C23H26O2.C22H26O2.C21H24O2/c1-3-17(2)23(25)26-24(13-7-4-8-14-24)20-11-12-22-19(16-20)15-18-9-5-6-10-21(18)22;1-3-16(2)22(24)25-23(12-6-7-13-23)19-10-11-21-18(15-19)14-17-8-4-5-9-20(17)21;1-5-15(3)21(23)24-22(4,6-2)18-11-12-20-17(14-18)13-16-9-7-8-10-19(16)20;1-5-14(2)20(22)23-21(3,4)17-10-11-19-16(13-17)12-15-8-6-7-9-18(15)19/h5-6,9-12,16-17H,3-4,7-8,13-15H2,1-2H3;4-5,8-11,15-16H,3,6-7,12-14H2,1-2H3;7-12,14-15H,5-6,13H2,1-4H3;6-11,13-14H,5,12H2,1-4H3. The molecule has 0 radical (unpaired) electrons. The molecular weight excluding hydrogens is 1210 g/mol. The minimum Gasteiger partial charge on any atom is -0.455 e. The molecule has 2 fully saturated rings. The Bertz CT molecular complexity index is 4190. The predicted octanol–water partition coefficient (Wildman–Crippen LogP) is 22.2. The van der Waals surface area contributed by atoms with E-state index >= 15 is 0 Å². The zero-order chi connectivity index (χ0) is 69.5. The number of hydrogen-bond donors (Lipinski definition) is 0. The molecule has 5 atom stereocenters. The summed E-state index contributed by atoms with van der Waals surface area (Å²) in [6.07, 6.45) is 17.4. The first-order chi connectivity index (χ1) is 47.2. The first-order valence-corrected chi connectivity index (χ1v) is 36.9. The number of ether oxygens (including phenoxy) is 4. The molecule has 14 rings (SSSR count). The van der Waals surface area contributed by atoms with Gasteiger partial charge in [-0.15, -0.1) is 0 Å². The third-order valence-corrected chi connectivity index (χ3v) is 22.6. The smallest absolute Gasteiger partial charge is 0.309 e.